The molecule has 1 unspecified atom stereocenters. The van der Waals surface area contributed by atoms with E-state index in [0.717, 1.165) is 9.87 Å². The van der Waals surface area contributed by atoms with E-state index >= 15 is 0 Å². The molecule has 0 saturated heterocycles. The van der Waals surface area contributed by atoms with Gasteiger partial charge in [0, 0.05) is 18.8 Å². The summed E-state index contributed by atoms with van der Waals surface area (Å²) in [6.07, 6.45) is 3.00. The molecule has 1 atom stereocenters. The Morgan fingerprint density at radius 1 is 1.29 bits per heavy atom. The third kappa shape index (κ3) is 2.88. The van der Waals surface area contributed by atoms with Crippen molar-refractivity contribution in [2.75, 3.05) is 0 Å². The van der Waals surface area contributed by atoms with Gasteiger partial charge in [0.1, 0.15) is 6.04 Å². The number of sulfonamides is 1. The molecule has 2 heterocycles. The van der Waals surface area contributed by atoms with Crippen LogP contribution in [0.1, 0.15) is 17.0 Å². The van der Waals surface area contributed by atoms with Gasteiger partial charge < -0.3 is 0 Å². The van der Waals surface area contributed by atoms with Crippen molar-refractivity contribution in [3.05, 3.63) is 53.6 Å². The van der Waals surface area contributed by atoms with Crippen molar-refractivity contribution < 1.29 is 18.4 Å². The first kappa shape index (κ1) is 16.5. The van der Waals surface area contributed by atoms with Gasteiger partial charge in [-0.1, -0.05) is 12.1 Å². The van der Waals surface area contributed by atoms with Crippen LogP contribution >= 0.6 is 0 Å². The van der Waals surface area contributed by atoms with E-state index in [1.54, 1.807) is 19.1 Å². The lowest BCUT2D eigenvalue weighted by atomic mass is 10.0. The van der Waals surface area contributed by atoms with Gasteiger partial charge in [0.05, 0.1) is 22.8 Å². The number of nitrogens with zero attached hydrogens (tertiary/aromatic N) is 3. The topological polar surface area (TPSA) is 112 Å². The molecule has 1 aliphatic rings. The van der Waals surface area contributed by atoms with Crippen LogP contribution < -0.4 is 5.48 Å². The van der Waals surface area contributed by atoms with Gasteiger partial charge >= 0.3 is 0 Å². The van der Waals surface area contributed by atoms with Crippen LogP contribution in [0, 0.1) is 6.92 Å². The highest BCUT2D eigenvalue weighted by atomic mass is 32.2. The van der Waals surface area contributed by atoms with Crippen LogP contribution in [0.5, 0.6) is 0 Å². The van der Waals surface area contributed by atoms with Crippen LogP contribution in [0.3, 0.4) is 0 Å². The highest BCUT2D eigenvalue weighted by molar-refractivity contribution is 7.89. The number of hydrogen-bond acceptors (Lipinski definition) is 6. The molecule has 0 bridgehead atoms. The normalized spacial score (nSPS) is 18.0. The summed E-state index contributed by atoms with van der Waals surface area (Å²) in [5, 5.41) is 8.98. The van der Waals surface area contributed by atoms with Crippen LogP contribution in [0.15, 0.2) is 41.6 Å². The number of rotatable bonds is 3. The molecule has 2 N–H and O–H groups in total. The van der Waals surface area contributed by atoms with Gasteiger partial charge in [-0.05, 0) is 24.6 Å². The predicted molar refractivity (Wildman–Crippen MR) is 83.4 cm³/mol. The minimum atomic E-state index is -3.94. The summed E-state index contributed by atoms with van der Waals surface area (Å²) < 4.78 is 27.0. The maximum absolute atomic E-state index is 13.0. The molecule has 0 aliphatic carbocycles. The average molecular weight is 348 g/mol. The predicted octanol–water partition coefficient (Wildman–Crippen LogP) is 0.406. The SMILES string of the molecule is Cc1cccc(S(=O)(=O)N2Cc3nccnc3CC2C(=O)NO)c1. The highest BCUT2D eigenvalue weighted by Crippen LogP contribution is 2.27. The molecule has 126 valence electrons. The second kappa shape index (κ2) is 6.27. The molecule has 0 fully saturated rings. The average Bonchev–Trinajstić information content (AvgIpc) is 2.60. The Hall–Kier alpha value is -2.36. The quantitative estimate of drug-likeness (QED) is 0.613. The number of fused-ring (bicyclic) bond motifs is 1. The lowest BCUT2D eigenvalue weighted by Crippen LogP contribution is -2.52. The van der Waals surface area contributed by atoms with Crippen LogP contribution in [0.25, 0.3) is 0 Å². The van der Waals surface area contributed by atoms with E-state index in [4.69, 9.17) is 5.21 Å². The summed E-state index contributed by atoms with van der Waals surface area (Å²) in [5.41, 5.74) is 3.36. The molecule has 1 aromatic heterocycles. The largest absolute Gasteiger partial charge is 0.289 e. The Bertz CT molecular complexity index is 885. The van der Waals surface area contributed by atoms with E-state index in [1.165, 1.54) is 30.0 Å². The van der Waals surface area contributed by atoms with Gasteiger partial charge in [0.15, 0.2) is 0 Å². The molecule has 8 nitrogen and oxygen atoms in total. The van der Waals surface area contributed by atoms with Crippen LogP contribution in [0.2, 0.25) is 0 Å². The molecule has 0 saturated carbocycles. The summed E-state index contributed by atoms with van der Waals surface area (Å²) in [6, 6.07) is 5.34. The molecule has 24 heavy (non-hydrogen) atoms. The van der Waals surface area contributed by atoms with E-state index in [-0.39, 0.29) is 17.9 Å². The molecule has 3 rings (SSSR count). The number of carbonyl (C=O) groups excluding carboxylic acids is 1. The number of benzene rings is 1. The Morgan fingerprint density at radius 2 is 2.00 bits per heavy atom. The first-order valence-corrected chi connectivity index (χ1v) is 8.68. The molecule has 9 heteroatoms. The number of carbonyl (C=O) groups is 1. The zero-order valence-electron chi connectivity index (χ0n) is 12.9. The fraction of sp³-hybridized carbons (Fsp3) is 0.267. The van der Waals surface area contributed by atoms with Crippen molar-refractivity contribution in [3.63, 3.8) is 0 Å². The molecule has 1 aromatic carbocycles. The summed E-state index contributed by atoms with van der Waals surface area (Å²) in [5.74, 6) is -0.803. The number of aryl methyl sites for hydroxylation is 1. The number of aromatic nitrogens is 2. The smallest absolute Gasteiger partial charge is 0.262 e. The zero-order valence-corrected chi connectivity index (χ0v) is 13.7. The fourth-order valence-corrected chi connectivity index (χ4v) is 4.36. The lowest BCUT2D eigenvalue weighted by molar-refractivity contribution is -0.133. The number of hydroxylamine groups is 1. The van der Waals surface area contributed by atoms with Crippen molar-refractivity contribution in [2.45, 2.75) is 30.8 Å². The van der Waals surface area contributed by atoms with Gasteiger partial charge in [0.2, 0.25) is 10.0 Å². The second-order valence-electron chi connectivity index (χ2n) is 5.51. The maximum Gasteiger partial charge on any atom is 0.262 e. The van der Waals surface area contributed by atoms with Crippen molar-refractivity contribution in [1.29, 1.82) is 0 Å². The van der Waals surface area contributed by atoms with Crippen LogP contribution in [-0.2, 0) is 27.8 Å². The van der Waals surface area contributed by atoms with E-state index in [1.807, 2.05) is 0 Å². The van der Waals surface area contributed by atoms with Gasteiger partial charge in [-0.25, -0.2) is 13.9 Å². The molecular weight excluding hydrogens is 332 g/mol. The maximum atomic E-state index is 13.0. The van der Waals surface area contributed by atoms with Gasteiger partial charge in [-0.15, -0.1) is 0 Å². The van der Waals surface area contributed by atoms with Crippen molar-refractivity contribution >= 4 is 15.9 Å². The Kier molecular flexibility index (Phi) is 4.31. The highest BCUT2D eigenvalue weighted by Gasteiger charge is 2.40. The van der Waals surface area contributed by atoms with Crippen LogP contribution in [0.4, 0.5) is 0 Å². The van der Waals surface area contributed by atoms with E-state index in [0.29, 0.717) is 11.4 Å². The van der Waals surface area contributed by atoms with Crippen molar-refractivity contribution in [2.24, 2.45) is 0 Å². The second-order valence-corrected chi connectivity index (χ2v) is 7.40. The van der Waals surface area contributed by atoms with E-state index < -0.39 is 22.0 Å². The van der Waals surface area contributed by atoms with Crippen molar-refractivity contribution in [3.8, 4) is 0 Å². The van der Waals surface area contributed by atoms with Gasteiger partial charge in [-0.2, -0.15) is 4.31 Å². The minimum absolute atomic E-state index is 0.0423. The molecule has 0 spiro atoms. The molecule has 2 aromatic rings. The van der Waals surface area contributed by atoms with E-state index in [9.17, 15) is 13.2 Å². The molecule has 1 aliphatic heterocycles. The molecule has 1 amide bonds. The Morgan fingerprint density at radius 3 is 2.67 bits per heavy atom. The van der Waals surface area contributed by atoms with Crippen LogP contribution in [-0.4, -0.2) is 39.8 Å². The number of hydrogen-bond donors (Lipinski definition) is 2. The fourth-order valence-electron chi connectivity index (χ4n) is 2.70. The summed E-state index contributed by atoms with van der Waals surface area (Å²) >= 11 is 0. The summed E-state index contributed by atoms with van der Waals surface area (Å²) in [6.45, 7) is 1.70. The summed E-state index contributed by atoms with van der Waals surface area (Å²) in [7, 11) is -3.94. The lowest BCUT2D eigenvalue weighted by Gasteiger charge is -2.33. The Labute approximate surface area is 139 Å². The third-order valence-corrected chi connectivity index (χ3v) is 5.76. The standard InChI is InChI=1S/C15H16N4O4S/c1-10-3-2-4-11(7-10)24(22,23)19-9-13-12(16-5-6-17-13)8-14(19)15(20)18-21/h2-7,14,21H,8-9H2,1H3,(H,18,20). The minimum Gasteiger partial charge on any atom is -0.289 e. The third-order valence-electron chi connectivity index (χ3n) is 3.91. The van der Waals surface area contributed by atoms with Gasteiger partial charge in [-0.3, -0.25) is 20.0 Å². The number of amides is 1. The van der Waals surface area contributed by atoms with Gasteiger partial charge in [0.25, 0.3) is 5.91 Å². The molecular formula is C15H16N4O4S. The number of nitrogens with one attached hydrogen (secondary N) is 1. The zero-order chi connectivity index (χ0) is 17.3. The molecule has 0 radical (unpaired) electrons. The van der Waals surface area contributed by atoms with Crippen molar-refractivity contribution in [1.82, 2.24) is 19.8 Å². The first-order valence-electron chi connectivity index (χ1n) is 7.24. The summed E-state index contributed by atoms with van der Waals surface area (Å²) in [4.78, 5) is 20.4. The Balaban J connectivity index is 2.07. The monoisotopic (exact) mass is 348 g/mol. The first-order chi connectivity index (χ1) is 11.4. The van der Waals surface area contributed by atoms with E-state index in [2.05, 4.69) is 9.97 Å².